The van der Waals surface area contributed by atoms with Crippen LogP contribution in [0.25, 0.3) is 0 Å². The van der Waals surface area contributed by atoms with E-state index >= 15 is 0 Å². The molecule has 0 spiro atoms. The van der Waals surface area contributed by atoms with Crippen LogP contribution in [0.5, 0.6) is 0 Å². The van der Waals surface area contributed by atoms with E-state index in [1.807, 2.05) is 6.92 Å². The fourth-order valence-electron chi connectivity index (χ4n) is 4.07. The molecule has 1 aliphatic carbocycles. The predicted molar refractivity (Wildman–Crippen MR) is 82.3 cm³/mol. The smallest absolute Gasteiger partial charge is 0.326 e. The number of rotatable bonds is 5. The first-order valence-electron chi connectivity index (χ1n) is 8.21. The Bertz CT molecular complexity index is 359. The van der Waals surface area contributed by atoms with E-state index in [1.165, 1.54) is 7.11 Å². The standard InChI is InChI=1S/C16H30N2O3/c1-5-17-16(15(19)20-4)9-6-7-13(11-16)18(3)14-8-10-21-12(14)2/h12-14,17H,5-11H2,1-4H3. The molecule has 4 atom stereocenters. The number of likely N-dealkylation sites (N-methyl/N-ethyl adjacent to an activating group) is 2. The van der Waals surface area contributed by atoms with E-state index in [1.54, 1.807) is 0 Å². The van der Waals surface area contributed by atoms with Crippen molar-refractivity contribution in [3.8, 4) is 0 Å². The number of methoxy groups -OCH3 is 1. The van der Waals surface area contributed by atoms with E-state index in [4.69, 9.17) is 9.47 Å². The van der Waals surface area contributed by atoms with E-state index in [9.17, 15) is 4.79 Å². The van der Waals surface area contributed by atoms with Crippen LogP contribution in [-0.2, 0) is 14.3 Å². The van der Waals surface area contributed by atoms with E-state index in [2.05, 4.69) is 24.2 Å². The highest BCUT2D eigenvalue weighted by Gasteiger charge is 2.45. The molecule has 1 saturated carbocycles. The van der Waals surface area contributed by atoms with Crippen LogP contribution in [0.1, 0.15) is 46.0 Å². The Morgan fingerprint density at radius 3 is 2.81 bits per heavy atom. The zero-order valence-electron chi connectivity index (χ0n) is 13.9. The van der Waals surface area contributed by atoms with Crippen LogP contribution in [-0.4, -0.2) is 61.9 Å². The highest BCUT2D eigenvalue weighted by atomic mass is 16.5. The quantitative estimate of drug-likeness (QED) is 0.781. The minimum atomic E-state index is -0.511. The van der Waals surface area contributed by atoms with Crippen LogP contribution in [0.3, 0.4) is 0 Å². The first-order chi connectivity index (χ1) is 10.0. The van der Waals surface area contributed by atoms with Crippen molar-refractivity contribution in [2.45, 2.75) is 69.7 Å². The molecule has 1 saturated heterocycles. The highest BCUT2D eigenvalue weighted by molar-refractivity contribution is 5.81. The maximum atomic E-state index is 12.3. The molecule has 0 aromatic rings. The normalized spacial score (nSPS) is 36.9. The molecule has 122 valence electrons. The van der Waals surface area contributed by atoms with Crippen molar-refractivity contribution in [3.63, 3.8) is 0 Å². The molecule has 2 rings (SSSR count). The lowest BCUT2D eigenvalue weighted by atomic mass is 9.77. The Kier molecular flexibility index (Phi) is 5.63. The molecule has 1 heterocycles. The lowest BCUT2D eigenvalue weighted by molar-refractivity contribution is -0.151. The SMILES string of the molecule is CCNC1(C(=O)OC)CCCC(N(C)C2CCOC2C)C1. The second-order valence-electron chi connectivity index (χ2n) is 6.45. The second-order valence-corrected chi connectivity index (χ2v) is 6.45. The van der Waals surface area contributed by atoms with Gasteiger partial charge in [-0.15, -0.1) is 0 Å². The molecule has 4 unspecified atom stereocenters. The van der Waals surface area contributed by atoms with Gasteiger partial charge in [-0.1, -0.05) is 6.92 Å². The Morgan fingerprint density at radius 2 is 2.24 bits per heavy atom. The van der Waals surface area contributed by atoms with E-state index in [0.29, 0.717) is 12.1 Å². The molecule has 2 aliphatic rings. The Labute approximate surface area is 128 Å². The van der Waals surface area contributed by atoms with Crippen molar-refractivity contribution < 1.29 is 14.3 Å². The number of hydrogen-bond donors (Lipinski definition) is 1. The van der Waals surface area contributed by atoms with E-state index in [0.717, 1.165) is 45.3 Å². The number of carbonyl (C=O) groups is 1. The van der Waals surface area contributed by atoms with Gasteiger partial charge in [-0.3, -0.25) is 9.69 Å². The number of ether oxygens (including phenoxy) is 2. The van der Waals surface area contributed by atoms with Crippen molar-refractivity contribution in [1.29, 1.82) is 0 Å². The Balaban J connectivity index is 2.09. The molecule has 21 heavy (non-hydrogen) atoms. The molecule has 0 radical (unpaired) electrons. The van der Waals surface area contributed by atoms with Gasteiger partial charge in [-0.25, -0.2) is 0 Å². The number of esters is 1. The monoisotopic (exact) mass is 298 g/mol. The third-order valence-corrected chi connectivity index (χ3v) is 5.25. The number of carbonyl (C=O) groups excluding carboxylic acids is 1. The summed E-state index contributed by atoms with van der Waals surface area (Å²) in [6, 6.07) is 0.871. The Hall–Kier alpha value is -0.650. The molecule has 1 N–H and O–H groups in total. The number of nitrogens with one attached hydrogen (secondary N) is 1. The van der Waals surface area contributed by atoms with E-state index in [-0.39, 0.29) is 12.1 Å². The van der Waals surface area contributed by atoms with Crippen LogP contribution in [0, 0.1) is 0 Å². The number of hydrogen-bond acceptors (Lipinski definition) is 5. The Morgan fingerprint density at radius 1 is 1.48 bits per heavy atom. The van der Waals surface area contributed by atoms with Crippen molar-refractivity contribution in [3.05, 3.63) is 0 Å². The minimum absolute atomic E-state index is 0.113. The molecule has 1 aliphatic heterocycles. The van der Waals surface area contributed by atoms with Gasteiger partial charge in [0, 0.05) is 18.7 Å². The van der Waals surface area contributed by atoms with Gasteiger partial charge >= 0.3 is 5.97 Å². The van der Waals surface area contributed by atoms with Gasteiger partial charge in [0.05, 0.1) is 13.2 Å². The lowest BCUT2D eigenvalue weighted by Gasteiger charge is -2.44. The molecule has 5 heteroatoms. The maximum absolute atomic E-state index is 12.3. The van der Waals surface area contributed by atoms with Gasteiger partial charge in [0.15, 0.2) is 0 Å². The molecule has 0 aromatic carbocycles. The van der Waals surface area contributed by atoms with Gasteiger partial charge in [-0.05, 0) is 52.6 Å². The largest absolute Gasteiger partial charge is 0.468 e. The molecule has 5 nitrogen and oxygen atoms in total. The van der Waals surface area contributed by atoms with Crippen molar-refractivity contribution in [1.82, 2.24) is 10.2 Å². The van der Waals surface area contributed by atoms with Crippen LogP contribution in [0.4, 0.5) is 0 Å². The molecular formula is C16H30N2O3. The maximum Gasteiger partial charge on any atom is 0.326 e. The average molecular weight is 298 g/mol. The first-order valence-corrected chi connectivity index (χ1v) is 8.21. The summed E-state index contributed by atoms with van der Waals surface area (Å²) in [5.74, 6) is -0.113. The summed E-state index contributed by atoms with van der Waals surface area (Å²) in [6.45, 7) is 5.83. The highest BCUT2D eigenvalue weighted by Crippen LogP contribution is 2.34. The summed E-state index contributed by atoms with van der Waals surface area (Å²) in [5, 5.41) is 3.40. The molecule has 2 fully saturated rings. The zero-order valence-corrected chi connectivity index (χ0v) is 13.9. The minimum Gasteiger partial charge on any atom is -0.468 e. The van der Waals surface area contributed by atoms with Crippen LogP contribution >= 0.6 is 0 Å². The number of nitrogens with zero attached hydrogens (tertiary/aromatic N) is 1. The van der Waals surface area contributed by atoms with Gasteiger partial charge < -0.3 is 14.8 Å². The summed E-state index contributed by atoms with van der Waals surface area (Å²) in [5.41, 5.74) is -0.511. The second kappa shape index (κ2) is 7.07. The summed E-state index contributed by atoms with van der Waals surface area (Å²) in [6.07, 6.45) is 5.26. The van der Waals surface area contributed by atoms with E-state index < -0.39 is 5.54 Å². The third kappa shape index (κ3) is 3.41. The van der Waals surface area contributed by atoms with Crippen molar-refractivity contribution in [2.75, 3.05) is 27.3 Å². The fraction of sp³-hybridized carbons (Fsp3) is 0.938. The molecule has 0 bridgehead atoms. The first kappa shape index (κ1) is 16.7. The zero-order chi connectivity index (χ0) is 15.5. The predicted octanol–water partition coefficient (Wildman–Crippen LogP) is 1.56. The molecule has 0 amide bonds. The van der Waals surface area contributed by atoms with Crippen LogP contribution in [0.2, 0.25) is 0 Å². The van der Waals surface area contributed by atoms with Gasteiger partial charge in [-0.2, -0.15) is 0 Å². The summed E-state index contributed by atoms with van der Waals surface area (Å²) in [4.78, 5) is 14.7. The summed E-state index contributed by atoms with van der Waals surface area (Å²) < 4.78 is 10.8. The molecular weight excluding hydrogens is 268 g/mol. The van der Waals surface area contributed by atoms with Gasteiger partial charge in [0.25, 0.3) is 0 Å². The van der Waals surface area contributed by atoms with Gasteiger partial charge in [0.2, 0.25) is 0 Å². The molecule has 0 aromatic heterocycles. The van der Waals surface area contributed by atoms with Crippen molar-refractivity contribution >= 4 is 5.97 Å². The lowest BCUT2D eigenvalue weighted by Crippen LogP contribution is -2.59. The topological polar surface area (TPSA) is 50.8 Å². The summed E-state index contributed by atoms with van der Waals surface area (Å²) >= 11 is 0. The third-order valence-electron chi connectivity index (χ3n) is 5.25. The van der Waals surface area contributed by atoms with Gasteiger partial charge in [0.1, 0.15) is 5.54 Å². The van der Waals surface area contributed by atoms with Crippen molar-refractivity contribution in [2.24, 2.45) is 0 Å². The average Bonchev–Trinajstić information content (AvgIpc) is 2.92. The van der Waals surface area contributed by atoms with Crippen LogP contribution in [0.15, 0.2) is 0 Å². The fourth-order valence-corrected chi connectivity index (χ4v) is 4.07. The summed E-state index contributed by atoms with van der Waals surface area (Å²) in [7, 11) is 3.67. The van der Waals surface area contributed by atoms with Crippen LogP contribution < -0.4 is 5.32 Å².